The number of thiazole rings is 1. The molecular formula is C15H19ClN2S. The summed E-state index contributed by atoms with van der Waals surface area (Å²) in [5.41, 5.74) is 2.29. The quantitative estimate of drug-likeness (QED) is 0.855. The molecule has 0 amide bonds. The van der Waals surface area contributed by atoms with E-state index in [1.165, 1.54) is 0 Å². The number of hydrogen-bond acceptors (Lipinski definition) is 3. The number of nitrogens with one attached hydrogen (secondary N) is 1. The first-order valence-corrected chi connectivity index (χ1v) is 7.85. The fraction of sp³-hybridized carbons (Fsp3) is 0.400. The Morgan fingerprint density at radius 1 is 1.37 bits per heavy atom. The van der Waals surface area contributed by atoms with E-state index in [0.717, 1.165) is 40.7 Å². The highest BCUT2D eigenvalue weighted by molar-refractivity contribution is 7.09. The number of benzene rings is 1. The second-order valence-electron chi connectivity index (χ2n) is 4.59. The minimum absolute atomic E-state index is 0.232. The third kappa shape index (κ3) is 4.03. The first-order valence-electron chi connectivity index (χ1n) is 6.59. The molecule has 2 nitrogen and oxygen atoms in total. The van der Waals surface area contributed by atoms with E-state index in [4.69, 9.17) is 11.6 Å². The maximum absolute atomic E-state index is 6.31. The molecule has 0 spiro atoms. The van der Waals surface area contributed by atoms with Gasteiger partial charge < -0.3 is 5.32 Å². The summed E-state index contributed by atoms with van der Waals surface area (Å²) in [5.74, 6) is 0. The minimum atomic E-state index is 0.232. The number of rotatable bonds is 6. The van der Waals surface area contributed by atoms with E-state index in [2.05, 4.69) is 28.7 Å². The van der Waals surface area contributed by atoms with Crippen LogP contribution in [0.15, 0.2) is 29.6 Å². The molecule has 2 rings (SSSR count). The van der Waals surface area contributed by atoms with Crippen molar-refractivity contribution in [2.24, 2.45) is 0 Å². The van der Waals surface area contributed by atoms with Crippen LogP contribution in [0.25, 0.3) is 0 Å². The Hall–Kier alpha value is -0.900. The number of hydrogen-bond donors (Lipinski definition) is 1. The topological polar surface area (TPSA) is 24.9 Å². The van der Waals surface area contributed by atoms with E-state index in [-0.39, 0.29) is 6.04 Å². The Labute approximate surface area is 123 Å². The van der Waals surface area contributed by atoms with Gasteiger partial charge in [0, 0.05) is 22.9 Å². The van der Waals surface area contributed by atoms with Crippen LogP contribution in [-0.2, 0) is 6.42 Å². The largest absolute Gasteiger partial charge is 0.310 e. The van der Waals surface area contributed by atoms with E-state index in [1.54, 1.807) is 11.3 Å². The molecule has 1 heterocycles. The highest BCUT2D eigenvalue weighted by Gasteiger charge is 2.15. The van der Waals surface area contributed by atoms with Gasteiger partial charge in [0.1, 0.15) is 0 Å². The smallest absolute Gasteiger partial charge is 0.0897 e. The highest BCUT2D eigenvalue weighted by Crippen LogP contribution is 2.26. The summed E-state index contributed by atoms with van der Waals surface area (Å²) < 4.78 is 0. The molecule has 0 saturated carbocycles. The van der Waals surface area contributed by atoms with Crippen LogP contribution in [0.1, 0.15) is 35.7 Å². The molecule has 0 aliphatic carbocycles. The van der Waals surface area contributed by atoms with Gasteiger partial charge in [-0.3, -0.25) is 0 Å². The second-order valence-corrected chi connectivity index (χ2v) is 6.06. The summed E-state index contributed by atoms with van der Waals surface area (Å²) in [6.45, 7) is 5.20. The van der Waals surface area contributed by atoms with Crippen molar-refractivity contribution < 1.29 is 0 Å². The average Bonchev–Trinajstić information content (AvgIpc) is 2.81. The van der Waals surface area contributed by atoms with Gasteiger partial charge in [0.2, 0.25) is 0 Å². The van der Waals surface area contributed by atoms with Crippen molar-refractivity contribution in [3.63, 3.8) is 0 Å². The van der Waals surface area contributed by atoms with Gasteiger partial charge in [-0.1, -0.05) is 36.7 Å². The van der Waals surface area contributed by atoms with E-state index in [9.17, 15) is 0 Å². The third-order valence-electron chi connectivity index (χ3n) is 3.00. The normalized spacial score (nSPS) is 12.6. The Morgan fingerprint density at radius 2 is 2.16 bits per heavy atom. The summed E-state index contributed by atoms with van der Waals surface area (Å²) in [4.78, 5) is 4.55. The van der Waals surface area contributed by atoms with Crippen LogP contribution in [0, 0.1) is 6.92 Å². The molecule has 1 aromatic heterocycles. The van der Waals surface area contributed by atoms with Crippen molar-refractivity contribution >= 4 is 22.9 Å². The Morgan fingerprint density at radius 3 is 2.79 bits per heavy atom. The predicted molar refractivity (Wildman–Crippen MR) is 83.0 cm³/mol. The molecule has 1 atom stereocenters. The molecule has 1 unspecified atom stereocenters. The molecule has 1 aromatic carbocycles. The average molecular weight is 295 g/mol. The minimum Gasteiger partial charge on any atom is -0.310 e. The molecular weight excluding hydrogens is 276 g/mol. The maximum Gasteiger partial charge on any atom is 0.0897 e. The van der Waals surface area contributed by atoms with E-state index >= 15 is 0 Å². The summed E-state index contributed by atoms with van der Waals surface area (Å²) in [7, 11) is 0. The first-order chi connectivity index (χ1) is 9.20. The van der Waals surface area contributed by atoms with E-state index in [1.807, 2.05) is 25.1 Å². The SMILES string of the molecule is CCCNC(Cc1csc(C)n1)c1ccccc1Cl. The first kappa shape index (κ1) is 14.5. The van der Waals surface area contributed by atoms with Crippen molar-refractivity contribution in [3.8, 4) is 0 Å². The standard InChI is InChI=1S/C15H19ClN2S/c1-3-8-17-15(9-12-10-19-11(2)18-12)13-6-4-5-7-14(13)16/h4-7,10,15,17H,3,8-9H2,1-2H3. The molecule has 0 saturated heterocycles. The Bertz CT molecular complexity index is 524. The molecule has 1 N–H and O–H groups in total. The van der Waals surface area contributed by atoms with Gasteiger partial charge in [-0.15, -0.1) is 11.3 Å². The van der Waals surface area contributed by atoms with Gasteiger partial charge in [0.05, 0.1) is 10.7 Å². The van der Waals surface area contributed by atoms with Gasteiger partial charge in [-0.2, -0.15) is 0 Å². The highest BCUT2D eigenvalue weighted by atomic mass is 35.5. The molecule has 0 bridgehead atoms. The number of aryl methyl sites for hydroxylation is 1. The molecule has 2 aromatic rings. The maximum atomic E-state index is 6.31. The second kappa shape index (κ2) is 7.04. The van der Waals surface area contributed by atoms with Crippen LogP contribution >= 0.6 is 22.9 Å². The Balaban J connectivity index is 2.18. The third-order valence-corrected chi connectivity index (χ3v) is 4.17. The molecule has 0 fully saturated rings. The zero-order valence-corrected chi connectivity index (χ0v) is 12.9. The van der Waals surface area contributed by atoms with Crippen LogP contribution in [-0.4, -0.2) is 11.5 Å². The van der Waals surface area contributed by atoms with Crippen molar-refractivity contribution in [3.05, 3.63) is 50.9 Å². The van der Waals surface area contributed by atoms with Gasteiger partial charge in [0.25, 0.3) is 0 Å². The van der Waals surface area contributed by atoms with Gasteiger partial charge in [-0.05, 0) is 31.5 Å². The molecule has 4 heteroatoms. The van der Waals surface area contributed by atoms with Crippen LogP contribution < -0.4 is 5.32 Å². The lowest BCUT2D eigenvalue weighted by atomic mass is 10.0. The van der Waals surface area contributed by atoms with E-state index < -0.39 is 0 Å². The molecule has 0 aliphatic rings. The molecule has 0 aliphatic heterocycles. The van der Waals surface area contributed by atoms with Gasteiger partial charge >= 0.3 is 0 Å². The van der Waals surface area contributed by atoms with Crippen LogP contribution in [0.4, 0.5) is 0 Å². The summed E-state index contributed by atoms with van der Waals surface area (Å²) >= 11 is 8.01. The van der Waals surface area contributed by atoms with Crippen LogP contribution in [0.2, 0.25) is 5.02 Å². The Kier molecular flexibility index (Phi) is 5.37. The van der Waals surface area contributed by atoms with E-state index in [0.29, 0.717) is 0 Å². The van der Waals surface area contributed by atoms with Crippen molar-refractivity contribution in [1.29, 1.82) is 0 Å². The lowest BCUT2D eigenvalue weighted by molar-refractivity contribution is 0.525. The monoisotopic (exact) mass is 294 g/mol. The van der Waals surface area contributed by atoms with Gasteiger partial charge in [-0.25, -0.2) is 4.98 Å². The van der Waals surface area contributed by atoms with Crippen molar-refractivity contribution in [2.45, 2.75) is 32.7 Å². The fourth-order valence-electron chi connectivity index (χ4n) is 2.08. The number of aromatic nitrogens is 1. The molecule has 0 radical (unpaired) electrons. The van der Waals surface area contributed by atoms with Crippen LogP contribution in [0.3, 0.4) is 0 Å². The van der Waals surface area contributed by atoms with Crippen molar-refractivity contribution in [1.82, 2.24) is 10.3 Å². The summed E-state index contributed by atoms with van der Waals surface area (Å²) in [6.07, 6.45) is 1.99. The lowest BCUT2D eigenvalue weighted by Gasteiger charge is -2.19. The van der Waals surface area contributed by atoms with Crippen molar-refractivity contribution in [2.75, 3.05) is 6.54 Å². The van der Waals surface area contributed by atoms with Gasteiger partial charge in [0.15, 0.2) is 0 Å². The van der Waals surface area contributed by atoms with Crippen LogP contribution in [0.5, 0.6) is 0 Å². The summed E-state index contributed by atoms with van der Waals surface area (Å²) in [5, 5.41) is 7.63. The molecule has 102 valence electrons. The number of halogens is 1. The predicted octanol–water partition coefficient (Wildman–Crippen LogP) is 4.39. The molecule has 19 heavy (non-hydrogen) atoms. The fourth-order valence-corrected chi connectivity index (χ4v) is 2.97. The number of nitrogens with zero attached hydrogens (tertiary/aromatic N) is 1. The zero-order valence-electron chi connectivity index (χ0n) is 11.3. The zero-order chi connectivity index (χ0) is 13.7. The summed E-state index contributed by atoms with van der Waals surface area (Å²) in [6, 6.07) is 8.28. The lowest BCUT2D eigenvalue weighted by Crippen LogP contribution is -2.24.